The summed E-state index contributed by atoms with van der Waals surface area (Å²) in [5.41, 5.74) is 3.06. The third-order valence-electron chi connectivity index (χ3n) is 7.82. The summed E-state index contributed by atoms with van der Waals surface area (Å²) >= 11 is 0. The first-order chi connectivity index (χ1) is 19.0. The first-order valence-corrected chi connectivity index (χ1v) is 12.8. The highest BCUT2D eigenvalue weighted by molar-refractivity contribution is 5.93. The molecule has 2 fully saturated rings. The summed E-state index contributed by atoms with van der Waals surface area (Å²) < 4.78 is 69.6. The van der Waals surface area contributed by atoms with E-state index in [0.717, 1.165) is 5.56 Å². The van der Waals surface area contributed by atoms with Gasteiger partial charge in [0.1, 0.15) is 24.6 Å². The quantitative estimate of drug-likeness (QED) is 0.401. The van der Waals surface area contributed by atoms with E-state index in [9.17, 15) is 32.4 Å². The Labute approximate surface area is 228 Å². The SMILES string of the molecule is Cc1cc2c(cc1C(CN1CCN3C[C@H](c4ccc(F)c(C#N)c4C)OC[C@@H]3C1)OC(=O)C(F)(F)F)COC2=O. The van der Waals surface area contributed by atoms with Crippen LogP contribution in [0.5, 0.6) is 0 Å². The molecule has 0 amide bonds. The highest BCUT2D eigenvalue weighted by Gasteiger charge is 2.44. The van der Waals surface area contributed by atoms with Crippen LogP contribution in [0.2, 0.25) is 0 Å². The summed E-state index contributed by atoms with van der Waals surface area (Å²) in [5, 5.41) is 9.31. The highest BCUT2D eigenvalue weighted by Crippen LogP contribution is 2.34. The summed E-state index contributed by atoms with van der Waals surface area (Å²) in [5.74, 6) is -3.36. The van der Waals surface area contributed by atoms with Crippen LogP contribution in [0.25, 0.3) is 0 Å². The number of esters is 2. The molecule has 0 spiro atoms. The van der Waals surface area contributed by atoms with E-state index < -0.39 is 30.0 Å². The molecular formula is C28H27F4N3O5. The lowest BCUT2D eigenvalue weighted by atomic mass is 9.95. The fourth-order valence-corrected chi connectivity index (χ4v) is 5.66. The first-order valence-electron chi connectivity index (χ1n) is 12.8. The maximum atomic E-state index is 14.0. The second-order valence-corrected chi connectivity index (χ2v) is 10.3. The second-order valence-electron chi connectivity index (χ2n) is 10.3. The molecule has 3 heterocycles. The lowest BCUT2D eigenvalue weighted by Gasteiger charge is -2.47. The molecule has 12 heteroatoms. The number of piperazine rings is 1. The molecule has 2 aromatic carbocycles. The Kier molecular flexibility index (Phi) is 7.56. The van der Waals surface area contributed by atoms with Crippen molar-refractivity contribution in [1.29, 1.82) is 5.26 Å². The first kappa shape index (κ1) is 28.0. The Balaban J connectivity index is 1.31. The standard InChI is InChI=1S/C28H27F4N3O5/c1-15-7-21-17(13-39-26(21)36)8-20(15)25(40-27(37)28(30,31)32)11-34-5-6-35-12-24(38-14-18(35)10-34)19-3-4-23(29)22(9-33)16(19)2/h3-4,7-8,18,24-25H,5-6,10-14H2,1-2H3/t18-,24+,25?/m0/s1. The lowest BCUT2D eigenvalue weighted by molar-refractivity contribution is -0.206. The number of aryl methyl sites for hydroxylation is 1. The van der Waals surface area contributed by atoms with Crippen molar-refractivity contribution in [3.05, 3.63) is 69.0 Å². The topological polar surface area (TPSA) is 92.1 Å². The highest BCUT2D eigenvalue weighted by atomic mass is 19.4. The van der Waals surface area contributed by atoms with Crippen LogP contribution in [0.1, 0.15) is 55.9 Å². The zero-order valence-electron chi connectivity index (χ0n) is 21.9. The third-order valence-corrected chi connectivity index (χ3v) is 7.82. The fraction of sp³-hybridized carbons (Fsp3) is 0.464. The number of ether oxygens (including phenoxy) is 3. The van der Waals surface area contributed by atoms with E-state index in [0.29, 0.717) is 60.6 Å². The van der Waals surface area contributed by atoms with Gasteiger partial charge >= 0.3 is 18.1 Å². The van der Waals surface area contributed by atoms with Gasteiger partial charge in [0.15, 0.2) is 0 Å². The van der Waals surface area contributed by atoms with Crippen molar-refractivity contribution in [1.82, 2.24) is 9.80 Å². The van der Waals surface area contributed by atoms with Crippen LogP contribution in [0.15, 0.2) is 24.3 Å². The zero-order chi connectivity index (χ0) is 28.8. The number of fused-ring (bicyclic) bond motifs is 2. The van der Waals surface area contributed by atoms with Crippen molar-refractivity contribution in [2.45, 2.75) is 44.9 Å². The van der Waals surface area contributed by atoms with Gasteiger partial charge in [-0.3, -0.25) is 9.80 Å². The minimum absolute atomic E-state index is 0.00400. The number of nitrogens with zero attached hydrogens (tertiary/aromatic N) is 3. The molecule has 5 rings (SSSR count). The number of hydrogen-bond acceptors (Lipinski definition) is 8. The molecule has 2 aromatic rings. The van der Waals surface area contributed by atoms with Crippen LogP contribution < -0.4 is 0 Å². The monoisotopic (exact) mass is 561 g/mol. The van der Waals surface area contributed by atoms with E-state index >= 15 is 0 Å². The summed E-state index contributed by atoms with van der Waals surface area (Å²) in [7, 11) is 0. The molecule has 0 radical (unpaired) electrons. The Morgan fingerprint density at radius 3 is 2.73 bits per heavy atom. The summed E-state index contributed by atoms with van der Waals surface area (Å²) in [6, 6.07) is 7.86. The maximum Gasteiger partial charge on any atom is 0.490 e. The maximum absolute atomic E-state index is 14.0. The van der Waals surface area contributed by atoms with Crippen LogP contribution in [0.3, 0.4) is 0 Å². The Morgan fingerprint density at radius 2 is 2.00 bits per heavy atom. The van der Waals surface area contributed by atoms with Crippen LogP contribution in [0, 0.1) is 31.0 Å². The number of morpholine rings is 1. The van der Waals surface area contributed by atoms with Crippen molar-refractivity contribution in [3.63, 3.8) is 0 Å². The molecule has 3 aliphatic heterocycles. The van der Waals surface area contributed by atoms with Crippen molar-refractivity contribution in [3.8, 4) is 6.07 Å². The van der Waals surface area contributed by atoms with Crippen molar-refractivity contribution < 1.29 is 41.4 Å². The second kappa shape index (κ2) is 10.8. The molecule has 3 atom stereocenters. The number of carbonyl (C=O) groups is 2. The van der Waals surface area contributed by atoms with Crippen LogP contribution in [0.4, 0.5) is 17.6 Å². The largest absolute Gasteiger partial charge is 0.490 e. The molecule has 0 saturated carbocycles. The minimum Gasteiger partial charge on any atom is -0.457 e. The minimum atomic E-state index is -5.16. The molecule has 2 saturated heterocycles. The number of nitriles is 1. The number of cyclic esters (lactones) is 1. The van der Waals surface area contributed by atoms with Gasteiger partial charge in [-0.25, -0.2) is 14.0 Å². The third kappa shape index (κ3) is 5.41. The Hall–Kier alpha value is -3.53. The average molecular weight is 562 g/mol. The zero-order valence-corrected chi connectivity index (χ0v) is 21.9. The van der Waals surface area contributed by atoms with Gasteiger partial charge in [-0.15, -0.1) is 0 Å². The number of rotatable bonds is 5. The normalized spacial score (nSPS) is 22.2. The van der Waals surface area contributed by atoms with Gasteiger partial charge in [-0.1, -0.05) is 6.07 Å². The van der Waals surface area contributed by atoms with Gasteiger partial charge in [0.25, 0.3) is 0 Å². The van der Waals surface area contributed by atoms with E-state index in [1.165, 1.54) is 6.07 Å². The van der Waals surface area contributed by atoms with Crippen molar-refractivity contribution in [2.24, 2.45) is 0 Å². The number of benzene rings is 2. The number of alkyl halides is 3. The van der Waals surface area contributed by atoms with Gasteiger partial charge < -0.3 is 14.2 Å². The van der Waals surface area contributed by atoms with E-state index in [2.05, 4.69) is 4.90 Å². The molecule has 0 aromatic heterocycles. The molecule has 3 aliphatic rings. The molecule has 0 N–H and O–H groups in total. The van der Waals surface area contributed by atoms with E-state index in [1.54, 1.807) is 32.0 Å². The van der Waals surface area contributed by atoms with Crippen molar-refractivity contribution in [2.75, 3.05) is 39.3 Å². The predicted octanol–water partition coefficient (Wildman–Crippen LogP) is 3.89. The fourth-order valence-electron chi connectivity index (χ4n) is 5.66. The van der Waals surface area contributed by atoms with Gasteiger partial charge in [-0.2, -0.15) is 18.4 Å². The molecule has 40 heavy (non-hydrogen) atoms. The average Bonchev–Trinajstić information content (AvgIpc) is 3.26. The lowest BCUT2D eigenvalue weighted by Crippen LogP contribution is -2.59. The number of hydrogen-bond donors (Lipinski definition) is 0. The summed E-state index contributed by atoms with van der Waals surface area (Å²) in [6.07, 6.45) is -6.73. The molecule has 1 unspecified atom stereocenters. The van der Waals surface area contributed by atoms with Gasteiger partial charge in [0.2, 0.25) is 0 Å². The van der Waals surface area contributed by atoms with Gasteiger partial charge in [-0.05, 0) is 54.3 Å². The van der Waals surface area contributed by atoms with E-state index in [1.807, 2.05) is 11.0 Å². The molecule has 0 aliphatic carbocycles. The van der Waals surface area contributed by atoms with Crippen molar-refractivity contribution >= 4 is 11.9 Å². The number of carbonyl (C=O) groups excluding carboxylic acids is 2. The molecule has 212 valence electrons. The smallest absolute Gasteiger partial charge is 0.457 e. The van der Waals surface area contributed by atoms with Gasteiger partial charge in [0, 0.05) is 44.3 Å². The summed E-state index contributed by atoms with van der Waals surface area (Å²) in [6.45, 7) is 5.75. The van der Waals surface area contributed by atoms with E-state index in [-0.39, 0.29) is 30.9 Å². The molecule has 0 bridgehead atoms. The Bertz CT molecular complexity index is 1390. The summed E-state index contributed by atoms with van der Waals surface area (Å²) in [4.78, 5) is 27.9. The predicted molar refractivity (Wildman–Crippen MR) is 132 cm³/mol. The molecule has 8 nitrogen and oxygen atoms in total. The van der Waals surface area contributed by atoms with Crippen LogP contribution >= 0.6 is 0 Å². The van der Waals surface area contributed by atoms with Crippen LogP contribution in [-0.4, -0.2) is 73.3 Å². The Morgan fingerprint density at radius 1 is 1.23 bits per heavy atom. The number of halogens is 4. The van der Waals surface area contributed by atoms with Crippen LogP contribution in [-0.2, 0) is 25.6 Å². The van der Waals surface area contributed by atoms with E-state index in [4.69, 9.17) is 14.2 Å². The van der Waals surface area contributed by atoms with Gasteiger partial charge in [0.05, 0.1) is 23.8 Å². The molecular weight excluding hydrogens is 534 g/mol.